The zero-order valence-corrected chi connectivity index (χ0v) is 17.8. The number of nitrogens with one attached hydrogen (secondary N) is 1. The number of thioether (sulfide) groups is 1. The first kappa shape index (κ1) is 20.9. The summed E-state index contributed by atoms with van der Waals surface area (Å²) in [5.74, 6) is -0.607. The van der Waals surface area contributed by atoms with Crippen LogP contribution in [0.1, 0.15) is 0 Å². The highest BCUT2D eigenvalue weighted by Crippen LogP contribution is 2.26. The van der Waals surface area contributed by atoms with Gasteiger partial charge in [0.1, 0.15) is 17.2 Å². The van der Waals surface area contributed by atoms with Crippen LogP contribution >= 0.6 is 11.8 Å². The number of benzene rings is 2. The summed E-state index contributed by atoms with van der Waals surface area (Å²) < 4.78 is 38.1. The molecule has 1 amide bonds. The highest BCUT2D eigenvalue weighted by molar-refractivity contribution is 8.00. The molecule has 31 heavy (non-hydrogen) atoms. The fourth-order valence-electron chi connectivity index (χ4n) is 2.84. The molecular weight excluding hydrogens is 441 g/mol. The predicted octanol–water partition coefficient (Wildman–Crippen LogP) is 3.09. The minimum Gasteiger partial charge on any atom is -0.325 e. The largest absolute Gasteiger partial charge is 0.325 e. The molecule has 2 aromatic heterocycles. The number of carbonyl (C=O) groups is 1. The molecule has 158 valence electrons. The molecule has 1 N–H and O–H groups in total. The van der Waals surface area contributed by atoms with E-state index in [9.17, 15) is 17.6 Å². The summed E-state index contributed by atoms with van der Waals surface area (Å²) in [6, 6.07) is 11.9. The summed E-state index contributed by atoms with van der Waals surface area (Å²) in [6.07, 6.45) is 4.07. The van der Waals surface area contributed by atoms with Crippen LogP contribution < -0.4 is 5.32 Å². The lowest BCUT2D eigenvalue weighted by Crippen LogP contribution is -2.14. The van der Waals surface area contributed by atoms with Crippen molar-refractivity contribution in [2.75, 3.05) is 17.3 Å². The topological polar surface area (TPSA) is 107 Å². The van der Waals surface area contributed by atoms with Crippen molar-refractivity contribution >= 4 is 44.2 Å². The van der Waals surface area contributed by atoms with E-state index in [-0.39, 0.29) is 22.4 Å². The number of fused-ring (bicyclic) bond motifs is 1. The van der Waals surface area contributed by atoms with Crippen molar-refractivity contribution in [2.45, 2.75) is 9.92 Å². The molecule has 11 heteroatoms. The summed E-state index contributed by atoms with van der Waals surface area (Å²) in [4.78, 5) is 21.0. The molecule has 4 rings (SSSR count). The van der Waals surface area contributed by atoms with Crippen LogP contribution in [0.2, 0.25) is 0 Å². The fraction of sp³-hybridized carbons (Fsp3) is 0.100. The molecule has 0 unspecified atom stereocenters. The average molecular weight is 458 g/mol. The molecule has 2 heterocycles. The Morgan fingerprint density at radius 1 is 1.16 bits per heavy atom. The maximum atomic E-state index is 13.2. The Balaban J connectivity index is 1.49. The van der Waals surface area contributed by atoms with Crippen LogP contribution in [0.4, 0.5) is 10.1 Å². The normalized spacial score (nSPS) is 11.5. The minimum absolute atomic E-state index is 0.0525. The smallest absolute Gasteiger partial charge is 0.234 e. The van der Waals surface area contributed by atoms with Gasteiger partial charge in [-0.25, -0.2) is 27.5 Å². The number of hydrogen-bond acceptors (Lipinski definition) is 7. The van der Waals surface area contributed by atoms with Crippen molar-refractivity contribution in [1.29, 1.82) is 0 Å². The maximum absolute atomic E-state index is 13.2. The van der Waals surface area contributed by atoms with Crippen LogP contribution in [0, 0.1) is 5.82 Å². The molecule has 0 aliphatic heterocycles. The molecule has 0 aliphatic carbocycles. The van der Waals surface area contributed by atoms with Crippen LogP contribution in [-0.4, -0.2) is 46.1 Å². The number of amides is 1. The molecule has 0 atom stereocenters. The zero-order chi connectivity index (χ0) is 22.0. The van der Waals surface area contributed by atoms with E-state index in [1.165, 1.54) is 42.4 Å². The molecule has 0 saturated carbocycles. The fourth-order valence-corrected chi connectivity index (χ4v) is 4.27. The Bertz CT molecular complexity index is 1370. The van der Waals surface area contributed by atoms with Gasteiger partial charge in [-0.05, 0) is 42.5 Å². The van der Waals surface area contributed by atoms with Gasteiger partial charge in [0.05, 0.1) is 27.9 Å². The summed E-state index contributed by atoms with van der Waals surface area (Å²) in [5, 5.41) is 8.21. The molecule has 0 saturated heterocycles. The second-order valence-electron chi connectivity index (χ2n) is 6.59. The van der Waals surface area contributed by atoms with Gasteiger partial charge in [-0.2, -0.15) is 5.10 Å². The number of hydrogen-bond donors (Lipinski definition) is 1. The van der Waals surface area contributed by atoms with Gasteiger partial charge < -0.3 is 5.32 Å². The van der Waals surface area contributed by atoms with Crippen LogP contribution in [0.15, 0.2) is 71.0 Å². The third-order valence-electron chi connectivity index (χ3n) is 4.29. The van der Waals surface area contributed by atoms with Gasteiger partial charge in [0.2, 0.25) is 5.91 Å². The summed E-state index contributed by atoms with van der Waals surface area (Å²) >= 11 is 1.20. The molecule has 0 spiro atoms. The summed E-state index contributed by atoms with van der Waals surface area (Å²) in [6.45, 7) is 0. The van der Waals surface area contributed by atoms with Crippen molar-refractivity contribution in [1.82, 2.24) is 19.7 Å². The highest BCUT2D eigenvalue weighted by atomic mass is 32.2. The Morgan fingerprint density at radius 3 is 2.68 bits per heavy atom. The van der Waals surface area contributed by atoms with E-state index in [4.69, 9.17) is 0 Å². The lowest BCUT2D eigenvalue weighted by molar-refractivity contribution is -0.113. The first-order valence-corrected chi connectivity index (χ1v) is 11.9. The van der Waals surface area contributed by atoms with Gasteiger partial charge in [0, 0.05) is 11.9 Å². The molecule has 4 aromatic rings. The third kappa shape index (κ3) is 4.72. The standard InChI is InChI=1S/C20H16FN5O3S2/c1-31(28,29)16-4-2-3-14(9-16)25-18(27)11-30-20-17-10-24-26(19(17)22-12-23-20)15-7-5-13(21)6-8-15/h2-10,12H,11H2,1H3,(H,25,27). The van der Waals surface area contributed by atoms with E-state index >= 15 is 0 Å². The molecular formula is C20H16FN5O3S2. The van der Waals surface area contributed by atoms with E-state index in [0.717, 1.165) is 6.26 Å². The second kappa shape index (κ2) is 8.44. The minimum atomic E-state index is -3.37. The average Bonchev–Trinajstić information content (AvgIpc) is 3.17. The number of carbonyl (C=O) groups excluding carboxylic acids is 1. The number of nitrogens with zero attached hydrogens (tertiary/aromatic N) is 4. The number of anilines is 1. The van der Waals surface area contributed by atoms with Gasteiger partial charge in [-0.1, -0.05) is 17.8 Å². The molecule has 2 aromatic carbocycles. The van der Waals surface area contributed by atoms with Gasteiger partial charge in [-0.3, -0.25) is 4.79 Å². The Morgan fingerprint density at radius 2 is 1.94 bits per heavy atom. The van der Waals surface area contributed by atoms with Crippen LogP contribution in [0.5, 0.6) is 0 Å². The molecule has 0 radical (unpaired) electrons. The molecule has 0 fully saturated rings. The monoisotopic (exact) mass is 457 g/mol. The maximum Gasteiger partial charge on any atom is 0.234 e. The van der Waals surface area contributed by atoms with E-state index < -0.39 is 9.84 Å². The van der Waals surface area contributed by atoms with E-state index in [1.807, 2.05) is 0 Å². The quantitative estimate of drug-likeness (QED) is 0.350. The van der Waals surface area contributed by atoms with E-state index in [1.54, 1.807) is 35.1 Å². The van der Waals surface area contributed by atoms with Crippen molar-refractivity contribution in [2.24, 2.45) is 0 Å². The third-order valence-corrected chi connectivity index (χ3v) is 6.40. The lowest BCUT2D eigenvalue weighted by Gasteiger charge is -2.07. The number of halogens is 1. The Labute approximate surface area is 181 Å². The van der Waals surface area contributed by atoms with Crippen LogP contribution in [-0.2, 0) is 14.6 Å². The summed E-state index contributed by atoms with van der Waals surface area (Å²) in [7, 11) is -3.37. The molecule has 0 bridgehead atoms. The van der Waals surface area contributed by atoms with Crippen LogP contribution in [0.3, 0.4) is 0 Å². The van der Waals surface area contributed by atoms with Crippen LogP contribution in [0.25, 0.3) is 16.7 Å². The zero-order valence-electron chi connectivity index (χ0n) is 16.2. The first-order chi connectivity index (χ1) is 14.8. The van der Waals surface area contributed by atoms with Crippen molar-refractivity contribution in [3.05, 3.63) is 66.9 Å². The van der Waals surface area contributed by atoms with Gasteiger partial charge in [0.15, 0.2) is 15.5 Å². The number of rotatable bonds is 6. The summed E-state index contributed by atoms with van der Waals surface area (Å²) in [5.41, 5.74) is 1.57. The van der Waals surface area contributed by atoms with E-state index in [2.05, 4.69) is 20.4 Å². The van der Waals surface area contributed by atoms with Gasteiger partial charge >= 0.3 is 0 Å². The van der Waals surface area contributed by atoms with Crippen molar-refractivity contribution < 1.29 is 17.6 Å². The molecule has 8 nitrogen and oxygen atoms in total. The number of aromatic nitrogens is 4. The predicted molar refractivity (Wildman–Crippen MR) is 116 cm³/mol. The lowest BCUT2D eigenvalue weighted by atomic mass is 10.3. The molecule has 0 aliphatic rings. The number of sulfone groups is 1. The second-order valence-corrected chi connectivity index (χ2v) is 9.57. The Hall–Kier alpha value is -3.31. The Kier molecular flexibility index (Phi) is 5.70. The van der Waals surface area contributed by atoms with Gasteiger partial charge in [-0.15, -0.1) is 0 Å². The highest BCUT2D eigenvalue weighted by Gasteiger charge is 2.14. The van der Waals surface area contributed by atoms with E-state index in [0.29, 0.717) is 27.4 Å². The van der Waals surface area contributed by atoms with Crippen molar-refractivity contribution in [3.8, 4) is 5.69 Å². The SMILES string of the molecule is CS(=O)(=O)c1cccc(NC(=O)CSc2ncnc3c2cnn3-c2ccc(F)cc2)c1. The van der Waals surface area contributed by atoms with Gasteiger partial charge in [0.25, 0.3) is 0 Å². The van der Waals surface area contributed by atoms with Crippen molar-refractivity contribution in [3.63, 3.8) is 0 Å². The first-order valence-electron chi connectivity index (χ1n) is 8.99.